The van der Waals surface area contributed by atoms with Gasteiger partial charge >= 0.3 is 6.03 Å². The molecule has 0 spiro atoms. The number of amides is 2. The molecular weight excluding hydrogens is 142 g/mol. The molecule has 1 aliphatic rings. The molecule has 64 valence electrons. The number of nitrogens with two attached hydrogens (primary N) is 2. The Balaban J connectivity index is 2.39. The molecule has 0 aliphatic carbocycles. The first-order valence-corrected chi connectivity index (χ1v) is 3.98. The molecule has 0 aromatic carbocycles. The standard InChI is InChI=1S/C7H15N3O/c8-4-6-2-1-3-10(5-6)7(9)11/h6H,1-5,8H2,(H2,9,11)/t6-/m0/s1. The van der Waals surface area contributed by atoms with Crippen LogP contribution in [0.4, 0.5) is 4.79 Å². The smallest absolute Gasteiger partial charge is 0.314 e. The first-order valence-electron chi connectivity index (χ1n) is 3.98. The highest BCUT2D eigenvalue weighted by Crippen LogP contribution is 2.14. The van der Waals surface area contributed by atoms with Crippen molar-refractivity contribution in [3.63, 3.8) is 0 Å². The fourth-order valence-corrected chi connectivity index (χ4v) is 1.46. The topological polar surface area (TPSA) is 72.3 Å². The van der Waals surface area contributed by atoms with Crippen molar-refractivity contribution in [1.29, 1.82) is 0 Å². The maximum absolute atomic E-state index is 10.7. The fraction of sp³-hybridized carbons (Fsp3) is 0.857. The third-order valence-corrected chi connectivity index (χ3v) is 2.16. The Morgan fingerprint density at radius 3 is 2.91 bits per heavy atom. The van der Waals surface area contributed by atoms with E-state index in [9.17, 15) is 4.79 Å². The zero-order valence-corrected chi connectivity index (χ0v) is 6.62. The van der Waals surface area contributed by atoms with E-state index in [0.717, 1.165) is 25.9 Å². The molecule has 0 radical (unpaired) electrons. The van der Waals surface area contributed by atoms with Crippen LogP contribution in [0.15, 0.2) is 0 Å². The molecule has 0 aromatic heterocycles. The Bertz CT molecular complexity index is 149. The van der Waals surface area contributed by atoms with Gasteiger partial charge in [0.15, 0.2) is 0 Å². The lowest BCUT2D eigenvalue weighted by Crippen LogP contribution is -2.44. The van der Waals surface area contributed by atoms with E-state index in [0.29, 0.717) is 12.5 Å². The molecular formula is C7H15N3O. The normalized spacial score (nSPS) is 25.2. The molecule has 0 saturated carbocycles. The lowest BCUT2D eigenvalue weighted by molar-refractivity contribution is 0.176. The SMILES string of the molecule is NC[C@@H]1CCCN(C(N)=O)C1. The molecule has 1 aliphatic heterocycles. The van der Waals surface area contributed by atoms with E-state index in [4.69, 9.17) is 11.5 Å². The summed E-state index contributed by atoms with van der Waals surface area (Å²) in [6.07, 6.45) is 2.16. The van der Waals surface area contributed by atoms with Gasteiger partial charge in [-0.05, 0) is 25.3 Å². The predicted octanol–water partition coefficient (Wildman–Crippen LogP) is -0.264. The number of piperidine rings is 1. The van der Waals surface area contributed by atoms with Gasteiger partial charge in [0, 0.05) is 13.1 Å². The fourth-order valence-electron chi connectivity index (χ4n) is 1.46. The quantitative estimate of drug-likeness (QED) is 0.550. The molecule has 0 aromatic rings. The van der Waals surface area contributed by atoms with E-state index in [1.807, 2.05) is 0 Å². The Labute approximate surface area is 66.5 Å². The number of likely N-dealkylation sites (tertiary alicyclic amines) is 1. The number of nitrogens with zero attached hydrogens (tertiary/aromatic N) is 1. The molecule has 1 atom stereocenters. The largest absolute Gasteiger partial charge is 0.351 e. The van der Waals surface area contributed by atoms with Crippen LogP contribution < -0.4 is 11.5 Å². The van der Waals surface area contributed by atoms with Crippen molar-refractivity contribution in [2.24, 2.45) is 17.4 Å². The highest BCUT2D eigenvalue weighted by atomic mass is 16.2. The molecule has 0 unspecified atom stereocenters. The number of carbonyl (C=O) groups is 1. The van der Waals surface area contributed by atoms with Gasteiger partial charge < -0.3 is 16.4 Å². The molecule has 4 heteroatoms. The lowest BCUT2D eigenvalue weighted by Gasteiger charge is -2.30. The lowest BCUT2D eigenvalue weighted by atomic mass is 9.99. The van der Waals surface area contributed by atoms with Crippen molar-refractivity contribution >= 4 is 6.03 Å². The van der Waals surface area contributed by atoms with Gasteiger partial charge in [-0.3, -0.25) is 0 Å². The monoisotopic (exact) mass is 157 g/mol. The average molecular weight is 157 g/mol. The second kappa shape index (κ2) is 3.57. The maximum atomic E-state index is 10.7. The van der Waals surface area contributed by atoms with Gasteiger partial charge in [0.05, 0.1) is 0 Å². The van der Waals surface area contributed by atoms with Crippen LogP contribution in [0.25, 0.3) is 0 Å². The summed E-state index contributed by atoms with van der Waals surface area (Å²) >= 11 is 0. The van der Waals surface area contributed by atoms with Crippen LogP contribution >= 0.6 is 0 Å². The van der Waals surface area contributed by atoms with E-state index in [-0.39, 0.29) is 6.03 Å². The van der Waals surface area contributed by atoms with Gasteiger partial charge in [0.2, 0.25) is 0 Å². The van der Waals surface area contributed by atoms with Gasteiger partial charge in [0.25, 0.3) is 0 Å². The van der Waals surface area contributed by atoms with Gasteiger partial charge in [-0.2, -0.15) is 0 Å². The molecule has 1 rings (SSSR count). The Morgan fingerprint density at radius 1 is 1.64 bits per heavy atom. The highest BCUT2D eigenvalue weighted by molar-refractivity contribution is 5.72. The van der Waals surface area contributed by atoms with Crippen molar-refractivity contribution < 1.29 is 4.79 Å². The first-order chi connectivity index (χ1) is 5.24. The van der Waals surface area contributed by atoms with E-state index in [1.54, 1.807) is 4.90 Å². The van der Waals surface area contributed by atoms with Crippen LogP contribution in [0.5, 0.6) is 0 Å². The molecule has 1 saturated heterocycles. The van der Waals surface area contributed by atoms with E-state index < -0.39 is 0 Å². The van der Waals surface area contributed by atoms with Crippen molar-refractivity contribution in [3.05, 3.63) is 0 Å². The maximum Gasteiger partial charge on any atom is 0.314 e. The van der Waals surface area contributed by atoms with Crippen LogP contribution in [0.2, 0.25) is 0 Å². The molecule has 4 nitrogen and oxygen atoms in total. The van der Waals surface area contributed by atoms with Crippen LogP contribution in [-0.2, 0) is 0 Å². The van der Waals surface area contributed by atoms with Crippen molar-refractivity contribution in [2.45, 2.75) is 12.8 Å². The molecule has 4 N–H and O–H groups in total. The van der Waals surface area contributed by atoms with Crippen LogP contribution in [0, 0.1) is 5.92 Å². The van der Waals surface area contributed by atoms with Crippen molar-refractivity contribution in [1.82, 2.24) is 4.90 Å². The van der Waals surface area contributed by atoms with E-state index >= 15 is 0 Å². The predicted molar refractivity (Wildman–Crippen MR) is 42.9 cm³/mol. The molecule has 11 heavy (non-hydrogen) atoms. The second-order valence-corrected chi connectivity index (χ2v) is 3.03. The molecule has 1 heterocycles. The molecule has 1 fully saturated rings. The highest BCUT2D eigenvalue weighted by Gasteiger charge is 2.20. The zero-order valence-electron chi connectivity index (χ0n) is 6.62. The van der Waals surface area contributed by atoms with E-state index in [1.165, 1.54) is 0 Å². The minimum Gasteiger partial charge on any atom is -0.351 e. The summed E-state index contributed by atoms with van der Waals surface area (Å²) in [5, 5.41) is 0. The number of carbonyl (C=O) groups excluding carboxylic acids is 1. The summed E-state index contributed by atoms with van der Waals surface area (Å²) in [4.78, 5) is 12.4. The summed E-state index contributed by atoms with van der Waals surface area (Å²) < 4.78 is 0. The molecule has 2 amide bonds. The van der Waals surface area contributed by atoms with Gasteiger partial charge in [-0.25, -0.2) is 4.79 Å². The molecule has 0 bridgehead atoms. The van der Waals surface area contributed by atoms with Crippen LogP contribution in [-0.4, -0.2) is 30.6 Å². The van der Waals surface area contributed by atoms with E-state index in [2.05, 4.69) is 0 Å². The zero-order chi connectivity index (χ0) is 8.27. The summed E-state index contributed by atoms with van der Waals surface area (Å²) in [5.41, 5.74) is 10.6. The van der Waals surface area contributed by atoms with Crippen LogP contribution in [0.1, 0.15) is 12.8 Å². The summed E-state index contributed by atoms with van der Waals surface area (Å²) in [6, 6.07) is -0.317. The summed E-state index contributed by atoms with van der Waals surface area (Å²) in [6.45, 7) is 2.20. The summed E-state index contributed by atoms with van der Waals surface area (Å²) in [5.74, 6) is 0.455. The van der Waals surface area contributed by atoms with Gasteiger partial charge in [-0.15, -0.1) is 0 Å². The number of urea groups is 1. The minimum absolute atomic E-state index is 0.317. The number of hydrogen-bond donors (Lipinski definition) is 2. The first kappa shape index (κ1) is 8.33. The number of hydrogen-bond acceptors (Lipinski definition) is 2. The van der Waals surface area contributed by atoms with Gasteiger partial charge in [-0.1, -0.05) is 0 Å². The minimum atomic E-state index is -0.317. The number of rotatable bonds is 1. The van der Waals surface area contributed by atoms with Gasteiger partial charge in [0.1, 0.15) is 0 Å². The number of primary amides is 1. The Morgan fingerprint density at radius 2 is 2.36 bits per heavy atom. The third kappa shape index (κ3) is 2.08. The second-order valence-electron chi connectivity index (χ2n) is 3.03. The average Bonchev–Trinajstić information content (AvgIpc) is 2.05. The van der Waals surface area contributed by atoms with Crippen LogP contribution in [0.3, 0.4) is 0 Å². The Kier molecular flexibility index (Phi) is 2.70. The summed E-state index contributed by atoms with van der Waals surface area (Å²) in [7, 11) is 0. The van der Waals surface area contributed by atoms with Crippen molar-refractivity contribution in [2.75, 3.05) is 19.6 Å². The Hall–Kier alpha value is -0.770. The van der Waals surface area contributed by atoms with Crippen molar-refractivity contribution in [3.8, 4) is 0 Å². The third-order valence-electron chi connectivity index (χ3n) is 2.16.